The molecule has 4 rings (SSSR count). The molecule has 1 amide bonds. The molecule has 3 aromatic rings. The van der Waals surface area contributed by atoms with Gasteiger partial charge in [-0.1, -0.05) is 31.5 Å². The van der Waals surface area contributed by atoms with Gasteiger partial charge in [-0.25, -0.2) is 0 Å². The number of ether oxygens (including phenoxy) is 2. The Kier molecular flexibility index (Phi) is 5.76. The van der Waals surface area contributed by atoms with E-state index >= 15 is 0 Å². The number of benzene rings is 2. The molecule has 2 aromatic carbocycles. The number of aromatic nitrogens is 1. The highest BCUT2D eigenvalue weighted by molar-refractivity contribution is 5.94. The van der Waals surface area contributed by atoms with Crippen LogP contribution in [0.4, 0.5) is 0 Å². The van der Waals surface area contributed by atoms with Crippen LogP contribution in [0.25, 0.3) is 10.8 Å². The zero-order valence-corrected chi connectivity index (χ0v) is 16.9. The molecule has 0 saturated carbocycles. The van der Waals surface area contributed by atoms with E-state index in [0.29, 0.717) is 25.3 Å². The molecule has 5 heteroatoms. The van der Waals surface area contributed by atoms with Gasteiger partial charge in [0.2, 0.25) is 0 Å². The van der Waals surface area contributed by atoms with Crippen LogP contribution in [-0.2, 0) is 11.2 Å². The first-order valence-electron chi connectivity index (χ1n) is 10.1. The Bertz CT molecular complexity index is 1020. The molecule has 0 aliphatic carbocycles. The maximum absolute atomic E-state index is 13.0. The van der Waals surface area contributed by atoms with Crippen LogP contribution >= 0.6 is 0 Å². The maximum Gasteiger partial charge on any atom is 0.254 e. The van der Waals surface area contributed by atoms with E-state index in [0.717, 1.165) is 40.6 Å². The van der Waals surface area contributed by atoms with Crippen LogP contribution in [0.1, 0.15) is 41.1 Å². The fourth-order valence-corrected chi connectivity index (χ4v) is 3.79. The summed E-state index contributed by atoms with van der Waals surface area (Å²) in [6.07, 6.45) is 3.50. The molecule has 5 nitrogen and oxygen atoms in total. The number of carbonyl (C=O) groups is 1. The van der Waals surface area contributed by atoms with Crippen molar-refractivity contribution >= 4 is 16.7 Å². The predicted molar refractivity (Wildman–Crippen MR) is 113 cm³/mol. The maximum atomic E-state index is 13.0. The smallest absolute Gasteiger partial charge is 0.254 e. The van der Waals surface area contributed by atoms with E-state index in [1.54, 1.807) is 19.4 Å². The second kappa shape index (κ2) is 8.62. The SMILES string of the molecule is CCCc1cc(C(=O)N2CCOC(c3ccc4cc(OC)ccc4c3)C2)ccn1. The van der Waals surface area contributed by atoms with E-state index in [1.165, 1.54) is 0 Å². The van der Waals surface area contributed by atoms with Crippen LogP contribution in [0.15, 0.2) is 54.7 Å². The summed E-state index contributed by atoms with van der Waals surface area (Å²) >= 11 is 0. The fraction of sp³-hybridized carbons (Fsp3) is 0.333. The molecule has 0 N–H and O–H groups in total. The normalized spacial score (nSPS) is 16.8. The molecule has 1 atom stereocenters. The Morgan fingerprint density at radius 2 is 2.00 bits per heavy atom. The second-order valence-corrected chi connectivity index (χ2v) is 7.37. The highest BCUT2D eigenvalue weighted by Crippen LogP contribution is 2.28. The van der Waals surface area contributed by atoms with Gasteiger partial charge in [0.15, 0.2) is 0 Å². The van der Waals surface area contributed by atoms with Crippen LogP contribution in [0.3, 0.4) is 0 Å². The van der Waals surface area contributed by atoms with Crippen molar-refractivity contribution < 1.29 is 14.3 Å². The number of fused-ring (bicyclic) bond motifs is 1. The highest BCUT2D eigenvalue weighted by Gasteiger charge is 2.26. The molecule has 150 valence electrons. The summed E-state index contributed by atoms with van der Waals surface area (Å²) < 4.78 is 11.3. The predicted octanol–water partition coefficient (Wildman–Crippen LogP) is 4.41. The van der Waals surface area contributed by atoms with Gasteiger partial charge in [-0.2, -0.15) is 0 Å². The monoisotopic (exact) mass is 390 g/mol. The first-order valence-corrected chi connectivity index (χ1v) is 10.1. The third kappa shape index (κ3) is 4.25. The molecule has 1 unspecified atom stereocenters. The van der Waals surface area contributed by atoms with E-state index in [1.807, 2.05) is 23.1 Å². The first-order chi connectivity index (χ1) is 14.2. The molecule has 1 saturated heterocycles. The second-order valence-electron chi connectivity index (χ2n) is 7.37. The van der Waals surface area contributed by atoms with Crippen molar-refractivity contribution in [2.45, 2.75) is 25.9 Å². The molecule has 1 aliphatic rings. The van der Waals surface area contributed by atoms with Gasteiger partial charge in [0.1, 0.15) is 11.9 Å². The van der Waals surface area contributed by atoms with Crippen LogP contribution in [-0.4, -0.2) is 42.6 Å². The topological polar surface area (TPSA) is 51.7 Å². The van der Waals surface area contributed by atoms with Gasteiger partial charge < -0.3 is 14.4 Å². The van der Waals surface area contributed by atoms with Crippen LogP contribution in [0, 0.1) is 0 Å². The van der Waals surface area contributed by atoms with Gasteiger partial charge in [0.25, 0.3) is 5.91 Å². The molecule has 1 aromatic heterocycles. The largest absolute Gasteiger partial charge is 0.497 e. The minimum Gasteiger partial charge on any atom is -0.497 e. The van der Waals surface area contributed by atoms with Crippen molar-refractivity contribution in [3.05, 3.63) is 71.5 Å². The minimum atomic E-state index is -0.129. The lowest BCUT2D eigenvalue weighted by atomic mass is 10.0. The number of methoxy groups -OCH3 is 1. The minimum absolute atomic E-state index is 0.0450. The van der Waals surface area contributed by atoms with Crippen molar-refractivity contribution in [1.82, 2.24) is 9.88 Å². The highest BCUT2D eigenvalue weighted by atomic mass is 16.5. The quantitative estimate of drug-likeness (QED) is 0.648. The van der Waals surface area contributed by atoms with E-state index in [2.05, 4.69) is 36.2 Å². The Morgan fingerprint density at radius 1 is 1.17 bits per heavy atom. The Hall–Kier alpha value is -2.92. The average molecular weight is 390 g/mol. The number of amides is 1. The summed E-state index contributed by atoms with van der Waals surface area (Å²) in [5.74, 6) is 0.888. The first kappa shape index (κ1) is 19.4. The zero-order valence-electron chi connectivity index (χ0n) is 16.9. The van der Waals surface area contributed by atoms with Gasteiger partial charge in [-0.15, -0.1) is 0 Å². The van der Waals surface area contributed by atoms with Gasteiger partial charge in [-0.3, -0.25) is 9.78 Å². The number of pyridine rings is 1. The number of hydrogen-bond acceptors (Lipinski definition) is 4. The van der Waals surface area contributed by atoms with Crippen molar-refractivity contribution in [2.24, 2.45) is 0 Å². The summed E-state index contributed by atoms with van der Waals surface area (Å²) in [6, 6.07) is 16.0. The number of rotatable bonds is 5. The average Bonchev–Trinajstić information content (AvgIpc) is 2.78. The van der Waals surface area contributed by atoms with E-state index < -0.39 is 0 Å². The number of nitrogens with zero attached hydrogens (tertiary/aromatic N) is 2. The Labute approximate surface area is 171 Å². The van der Waals surface area contributed by atoms with Crippen molar-refractivity contribution in [2.75, 3.05) is 26.8 Å². The molecular weight excluding hydrogens is 364 g/mol. The van der Waals surface area contributed by atoms with Gasteiger partial charge in [0, 0.05) is 24.0 Å². The standard InChI is InChI=1S/C24H26N2O3/c1-3-4-21-14-20(9-10-25-21)24(27)26-11-12-29-23(16-26)19-6-5-18-15-22(28-2)8-7-17(18)13-19/h5-10,13-15,23H,3-4,11-12,16H2,1-2H3. The fourth-order valence-electron chi connectivity index (χ4n) is 3.79. The summed E-state index contributed by atoms with van der Waals surface area (Å²) in [5.41, 5.74) is 2.75. The van der Waals surface area contributed by atoms with E-state index in [-0.39, 0.29) is 12.0 Å². The Balaban J connectivity index is 1.52. The number of hydrogen-bond donors (Lipinski definition) is 0. The third-order valence-electron chi connectivity index (χ3n) is 5.37. The molecule has 29 heavy (non-hydrogen) atoms. The van der Waals surface area contributed by atoms with E-state index in [4.69, 9.17) is 9.47 Å². The van der Waals surface area contributed by atoms with Crippen molar-refractivity contribution in [3.63, 3.8) is 0 Å². The van der Waals surface area contributed by atoms with Crippen LogP contribution < -0.4 is 4.74 Å². The molecule has 1 fully saturated rings. The lowest BCUT2D eigenvalue weighted by Gasteiger charge is -2.33. The molecular formula is C24H26N2O3. The molecule has 0 radical (unpaired) electrons. The lowest BCUT2D eigenvalue weighted by molar-refractivity contribution is -0.0227. The molecule has 0 bridgehead atoms. The Morgan fingerprint density at radius 3 is 2.83 bits per heavy atom. The van der Waals surface area contributed by atoms with Gasteiger partial charge >= 0.3 is 0 Å². The van der Waals surface area contributed by atoms with Crippen molar-refractivity contribution in [3.8, 4) is 5.75 Å². The number of aryl methyl sites for hydroxylation is 1. The third-order valence-corrected chi connectivity index (χ3v) is 5.37. The lowest BCUT2D eigenvalue weighted by Crippen LogP contribution is -2.42. The van der Waals surface area contributed by atoms with Crippen molar-refractivity contribution in [1.29, 1.82) is 0 Å². The molecule has 2 heterocycles. The van der Waals surface area contributed by atoms with Crippen LogP contribution in [0.2, 0.25) is 0 Å². The summed E-state index contributed by atoms with van der Waals surface area (Å²) in [6.45, 7) is 3.80. The molecule has 0 spiro atoms. The zero-order chi connectivity index (χ0) is 20.2. The van der Waals surface area contributed by atoms with Crippen LogP contribution in [0.5, 0.6) is 5.75 Å². The van der Waals surface area contributed by atoms with Gasteiger partial charge in [-0.05, 0) is 53.1 Å². The van der Waals surface area contributed by atoms with Gasteiger partial charge in [0.05, 0.1) is 20.3 Å². The summed E-state index contributed by atoms with van der Waals surface area (Å²) in [4.78, 5) is 19.3. The number of carbonyl (C=O) groups excluding carboxylic acids is 1. The summed E-state index contributed by atoms with van der Waals surface area (Å²) in [5, 5.41) is 2.26. The van der Waals surface area contributed by atoms with E-state index in [9.17, 15) is 4.79 Å². The summed E-state index contributed by atoms with van der Waals surface area (Å²) in [7, 11) is 1.67. The molecule has 1 aliphatic heterocycles. The number of morpholine rings is 1.